The number of aliphatic hydroxyl groups excluding tert-OH is 1. The maximum absolute atomic E-state index is 11.3. The van der Waals surface area contributed by atoms with E-state index in [-0.39, 0.29) is 6.04 Å². The number of nitrogens with zero attached hydrogens (tertiary/aromatic N) is 3. The number of benzene rings is 1. The molecular formula is C21H24N4O4S. The summed E-state index contributed by atoms with van der Waals surface area (Å²) in [5.74, 6) is 0.448. The van der Waals surface area contributed by atoms with Crippen molar-refractivity contribution < 1.29 is 17.7 Å². The topological polar surface area (TPSA) is 120 Å². The second kappa shape index (κ2) is 7.42. The molecule has 158 valence electrons. The Labute approximate surface area is 175 Å². The minimum absolute atomic E-state index is 0.126. The number of hydrogen-bond acceptors (Lipinski definition) is 6. The summed E-state index contributed by atoms with van der Waals surface area (Å²) < 4.78 is 29.3. The maximum atomic E-state index is 11.3. The van der Waals surface area contributed by atoms with Gasteiger partial charge in [0, 0.05) is 17.6 Å². The van der Waals surface area contributed by atoms with E-state index in [4.69, 9.17) is 9.32 Å². The molecular weight excluding hydrogens is 404 g/mol. The highest BCUT2D eigenvalue weighted by molar-refractivity contribution is 7.84. The molecule has 5 rings (SSSR count). The van der Waals surface area contributed by atoms with E-state index in [1.807, 2.05) is 16.8 Å². The summed E-state index contributed by atoms with van der Waals surface area (Å²) in [7, 11) is -4.11. The number of nitrogens with two attached hydrogens (primary N) is 1. The molecule has 0 aliphatic heterocycles. The fourth-order valence-electron chi connectivity index (χ4n) is 5.03. The minimum Gasteiger partial charge on any atom is -0.390 e. The molecule has 0 radical (unpaired) electrons. The zero-order valence-corrected chi connectivity index (χ0v) is 17.2. The molecule has 30 heavy (non-hydrogen) atoms. The van der Waals surface area contributed by atoms with Crippen molar-refractivity contribution >= 4 is 21.3 Å². The van der Waals surface area contributed by atoms with E-state index < -0.39 is 22.5 Å². The Morgan fingerprint density at radius 3 is 2.87 bits per heavy atom. The number of hydrogen-bond donors (Lipinski definition) is 2. The molecule has 4 atom stereocenters. The maximum Gasteiger partial charge on any atom is 0.333 e. The van der Waals surface area contributed by atoms with E-state index in [0.717, 1.165) is 36.0 Å². The predicted molar refractivity (Wildman–Crippen MR) is 111 cm³/mol. The highest BCUT2D eigenvalue weighted by Crippen LogP contribution is 2.38. The van der Waals surface area contributed by atoms with Gasteiger partial charge in [-0.15, -0.1) is 0 Å². The quantitative estimate of drug-likeness (QED) is 0.641. The van der Waals surface area contributed by atoms with Gasteiger partial charge in [0.25, 0.3) is 0 Å². The lowest BCUT2D eigenvalue weighted by Crippen LogP contribution is -2.29. The molecule has 3 aromatic rings. The molecule has 0 saturated heterocycles. The van der Waals surface area contributed by atoms with E-state index in [1.54, 1.807) is 6.33 Å². The van der Waals surface area contributed by atoms with Gasteiger partial charge in [0.2, 0.25) is 0 Å². The molecule has 0 amide bonds. The van der Waals surface area contributed by atoms with Crippen molar-refractivity contribution in [3.8, 4) is 0 Å². The summed E-state index contributed by atoms with van der Waals surface area (Å²) in [5, 5.41) is 16.2. The van der Waals surface area contributed by atoms with E-state index in [9.17, 15) is 13.5 Å². The van der Waals surface area contributed by atoms with Gasteiger partial charge in [0.05, 0.1) is 11.8 Å². The molecule has 1 fully saturated rings. The number of rotatable bonds is 5. The van der Waals surface area contributed by atoms with E-state index >= 15 is 0 Å². The highest BCUT2D eigenvalue weighted by atomic mass is 32.2. The number of aryl methyl sites for hydroxylation is 1. The van der Waals surface area contributed by atoms with Crippen LogP contribution in [0.15, 0.2) is 42.9 Å². The van der Waals surface area contributed by atoms with Crippen LogP contribution in [0, 0.1) is 0 Å². The van der Waals surface area contributed by atoms with Crippen molar-refractivity contribution in [2.24, 2.45) is 5.14 Å². The van der Waals surface area contributed by atoms with Crippen molar-refractivity contribution in [2.75, 3.05) is 0 Å². The predicted octanol–water partition coefficient (Wildman–Crippen LogP) is 1.99. The van der Waals surface area contributed by atoms with Gasteiger partial charge >= 0.3 is 10.3 Å². The Morgan fingerprint density at radius 1 is 1.20 bits per heavy atom. The first-order chi connectivity index (χ1) is 14.4. The van der Waals surface area contributed by atoms with Gasteiger partial charge in [-0.1, -0.05) is 24.3 Å². The van der Waals surface area contributed by atoms with E-state index in [1.165, 1.54) is 11.1 Å². The second-order valence-corrected chi connectivity index (χ2v) is 9.42. The van der Waals surface area contributed by atoms with Crippen molar-refractivity contribution in [1.29, 1.82) is 0 Å². The minimum atomic E-state index is -4.11. The van der Waals surface area contributed by atoms with Crippen LogP contribution in [0.5, 0.6) is 0 Å². The standard InChI is InChI=1S/C21H24N4O4S/c22-30(27,28)29-20-11-15(10-19(20)26)25-8-7-17-18(23-12-24-21(17)25)9-14-6-5-13-3-1-2-4-16(13)14/h1-4,7-8,12,14-15,19-20,26H,5-6,9-11H2,(H2,22,27,28)/t14-,15?,19+,20-/m1/s1. The first-order valence-electron chi connectivity index (χ1n) is 10.2. The highest BCUT2D eigenvalue weighted by Gasteiger charge is 2.37. The van der Waals surface area contributed by atoms with Crippen molar-refractivity contribution in [2.45, 2.75) is 56.3 Å². The van der Waals surface area contributed by atoms with Crippen LogP contribution >= 0.6 is 0 Å². The van der Waals surface area contributed by atoms with Crippen LogP contribution in [0.1, 0.15) is 48.0 Å². The molecule has 1 unspecified atom stereocenters. The summed E-state index contributed by atoms with van der Waals surface area (Å²) >= 11 is 0. The van der Waals surface area contributed by atoms with Crippen LogP contribution in [0.4, 0.5) is 0 Å². The van der Waals surface area contributed by atoms with Gasteiger partial charge in [0.1, 0.15) is 18.1 Å². The van der Waals surface area contributed by atoms with Gasteiger partial charge in [-0.3, -0.25) is 4.18 Å². The van der Waals surface area contributed by atoms with E-state index in [0.29, 0.717) is 18.8 Å². The number of fused-ring (bicyclic) bond motifs is 2. The summed E-state index contributed by atoms with van der Waals surface area (Å²) in [6.07, 6.45) is 5.55. The Hall–Kier alpha value is -2.33. The molecule has 1 aromatic carbocycles. The van der Waals surface area contributed by atoms with Crippen molar-refractivity contribution in [3.63, 3.8) is 0 Å². The lowest BCUT2D eigenvalue weighted by Gasteiger charge is -2.15. The average Bonchev–Trinajstić information content (AvgIpc) is 3.39. The Balaban J connectivity index is 1.41. The smallest absolute Gasteiger partial charge is 0.333 e. The third-order valence-electron chi connectivity index (χ3n) is 6.39. The molecule has 3 N–H and O–H groups in total. The van der Waals surface area contributed by atoms with Gasteiger partial charge < -0.3 is 9.67 Å². The van der Waals surface area contributed by atoms with Crippen molar-refractivity contribution in [3.05, 3.63) is 59.7 Å². The summed E-state index contributed by atoms with van der Waals surface area (Å²) in [6.45, 7) is 0. The van der Waals surface area contributed by atoms with Crippen LogP contribution < -0.4 is 5.14 Å². The fraction of sp³-hybridized carbons (Fsp3) is 0.429. The molecule has 2 aliphatic rings. The van der Waals surface area contributed by atoms with Gasteiger partial charge in [-0.05, 0) is 55.2 Å². The molecule has 1 saturated carbocycles. The van der Waals surface area contributed by atoms with Gasteiger partial charge in [0.15, 0.2) is 0 Å². The SMILES string of the molecule is NS(=O)(=O)O[C@@H]1CC(n2ccc3c(C[C@H]4CCc5ccccc54)ncnc32)C[C@@H]1O. The lowest BCUT2D eigenvalue weighted by molar-refractivity contribution is 0.0645. The summed E-state index contributed by atoms with van der Waals surface area (Å²) in [4.78, 5) is 9.04. The van der Waals surface area contributed by atoms with E-state index in [2.05, 4.69) is 34.2 Å². The van der Waals surface area contributed by atoms with Crippen LogP contribution in [0.3, 0.4) is 0 Å². The summed E-state index contributed by atoms with van der Waals surface area (Å²) in [6, 6.07) is 10.5. The zero-order valence-electron chi connectivity index (χ0n) is 16.4. The van der Waals surface area contributed by atoms with Gasteiger partial charge in [-0.25, -0.2) is 15.1 Å². The third-order valence-corrected chi connectivity index (χ3v) is 6.90. The van der Waals surface area contributed by atoms with Crippen molar-refractivity contribution in [1.82, 2.24) is 14.5 Å². The zero-order chi connectivity index (χ0) is 20.9. The monoisotopic (exact) mass is 428 g/mol. The third kappa shape index (κ3) is 3.62. The lowest BCUT2D eigenvalue weighted by atomic mass is 9.95. The van der Waals surface area contributed by atoms with Crippen LogP contribution in [0.25, 0.3) is 11.0 Å². The summed E-state index contributed by atoms with van der Waals surface area (Å²) in [5.41, 5.74) is 4.63. The second-order valence-electron chi connectivity index (χ2n) is 8.24. The first kappa shape index (κ1) is 19.6. The van der Waals surface area contributed by atoms with Crippen LogP contribution in [-0.2, 0) is 27.3 Å². The number of aromatic nitrogens is 3. The van der Waals surface area contributed by atoms with Crippen LogP contribution in [-0.4, -0.2) is 40.3 Å². The Morgan fingerprint density at radius 2 is 2.03 bits per heavy atom. The number of aliphatic hydroxyl groups is 1. The fourth-order valence-corrected chi connectivity index (χ4v) is 5.58. The van der Waals surface area contributed by atoms with Crippen LogP contribution in [0.2, 0.25) is 0 Å². The molecule has 0 spiro atoms. The largest absolute Gasteiger partial charge is 0.390 e. The Bertz CT molecular complexity index is 1190. The molecule has 8 nitrogen and oxygen atoms in total. The molecule has 2 aromatic heterocycles. The molecule has 2 heterocycles. The normalized spacial score (nSPS) is 26.3. The Kier molecular flexibility index (Phi) is 4.85. The van der Waals surface area contributed by atoms with Gasteiger partial charge in [-0.2, -0.15) is 8.42 Å². The molecule has 9 heteroatoms. The molecule has 0 bridgehead atoms. The first-order valence-corrected chi connectivity index (χ1v) is 11.6. The average molecular weight is 429 g/mol. The molecule has 2 aliphatic carbocycles.